The second kappa shape index (κ2) is 14.0. The Labute approximate surface area is 270 Å². The molecular formula is C37H36N4O4S. The van der Waals surface area contributed by atoms with Gasteiger partial charge in [-0.1, -0.05) is 78.4 Å². The summed E-state index contributed by atoms with van der Waals surface area (Å²) in [5, 5.41) is 0. The third-order valence-corrected chi connectivity index (χ3v) is 9.51. The minimum atomic E-state index is -4.18. The Morgan fingerprint density at radius 3 is 2.20 bits per heavy atom. The first-order valence-corrected chi connectivity index (χ1v) is 16.9. The zero-order chi connectivity index (χ0) is 31.9. The minimum Gasteiger partial charge on any atom is -0.457 e. The van der Waals surface area contributed by atoms with Gasteiger partial charge in [-0.05, 0) is 79.6 Å². The fourth-order valence-electron chi connectivity index (χ4n) is 5.73. The molecule has 1 saturated heterocycles. The molecule has 0 unspecified atom stereocenters. The van der Waals surface area contributed by atoms with E-state index in [9.17, 15) is 13.2 Å². The van der Waals surface area contributed by atoms with Crippen LogP contribution in [0.25, 0.3) is 0 Å². The molecule has 8 nitrogen and oxygen atoms in total. The van der Waals surface area contributed by atoms with Crippen LogP contribution in [0.15, 0.2) is 120 Å². The van der Waals surface area contributed by atoms with Crippen LogP contribution in [-0.4, -0.2) is 37.4 Å². The largest absolute Gasteiger partial charge is 0.457 e. The lowest BCUT2D eigenvalue weighted by Crippen LogP contribution is -2.36. The van der Waals surface area contributed by atoms with Gasteiger partial charge in [0.15, 0.2) is 0 Å². The summed E-state index contributed by atoms with van der Waals surface area (Å²) in [6, 6.07) is 33.6. The molecule has 1 amide bonds. The highest BCUT2D eigenvalue weighted by Crippen LogP contribution is 2.26. The Bertz CT molecular complexity index is 1890. The first-order valence-electron chi connectivity index (χ1n) is 15.4. The summed E-state index contributed by atoms with van der Waals surface area (Å²) in [6.45, 7) is 3.63. The standard InChI is InChI=1S/C37H36N4O4S/c1-27-9-8-12-30(23-27)25-35-34(26-38-37(39-35)41-21-19-29(20-22-41)24-28-10-4-2-5-11-28)36(42)40-46(43,44)33-17-15-32(16-18-33)45-31-13-6-3-7-14-31/h2-18,23,26,29H,19-22,24-25H2,1H3,(H,40,42). The molecule has 0 aliphatic carbocycles. The van der Waals surface area contributed by atoms with Crippen LogP contribution < -0.4 is 14.4 Å². The average Bonchev–Trinajstić information content (AvgIpc) is 3.06. The molecule has 0 radical (unpaired) electrons. The van der Waals surface area contributed by atoms with Crippen LogP contribution in [0.3, 0.4) is 0 Å². The van der Waals surface area contributed by atoms with Crippen LogP contribution in [0.5, 0.6) is 11.5 Å². The Morgan fingerprint density at radius 2 is 1.50 bits per heavy atom. The minimum absolute atomic E-state index is 0.0580. The first-order chi connectivity index (χ1) is 22.3. The summed E-state index contributed by atoms with van der Waals surface area (Å²) in [4.78, 5) is 25.0. The predicted octanol–water partition coefficient (Wildman–Crippen LogP) is 6.75. The van der Waals surface area contributed by atoms with Gasteiger partial charge in [0, 0.05) is 25.7 Å². The van der Waals surface area contributed by atoms with Crippen molar-refractivity contribution < 1.29 is 17.9 Å². The van der Waals surface area contributed by atoms with E-state index in [1.165, 1.54) is 23.9 Å². The number of nitrogens with zero attached hydrogens (tertiary/aromatic N) is 3. The molecule has 5 aromatic rings. The molecule has 234 valence electrons. The van der Waals surface area contributed by atoms with Crippen molar-refractivity contribution in [3.8, 4) is 11.5 Å². The number of rotatable bonds is 10. The van der Waals surface area contributed by atoms with Crippen LogP contribution in [0, 0.1) is 12.8 Å². The van der Waals surface area contributed by atoms with Gasteiger partial charge >= 0.3 is 0 Å². The molecule has 0 atom stereocenters. The van der Waals surface area contributed by atoms with E-state index in [-0.39, 0.29) is 10.5 Å². The van der Waals surface area contributed by atoms with E-state index in [1.807, 2.05) is 55.5 Å². The topological polar surface area (TPSA) is 101 Å². The number of amides is 1. The number of carbonyl (C=O) groups is 1. The van der Waals surface area contributed by atoms with E-state index >= 15 is 0 Å². The third kappa shape index (κ3) is 7.79. The molecule has 0 spiro atoms. The van der Waals surface area contributed by atoms with E-state index in [2.05, 4.69) is 38.9 Å². The van der Waals surface area contributed by atoms with E-state index in [0.717, 1.165) is 43.5 Å². The fraction of sp³-hybridized carbons (Fsp3) is 0.216. The highest BCUT2D eigenvalue weighted by Gasteiger charge is 2.25. The monoisotopic (exact) mass is 632 g/mol. The molecule has 1 aliphatic heterocycles. The van der Waals surface area contributed by atoms with Gasteiger partial charge in [0.05, 0.1) is 16.2 Å². The molecule has 2 heterocycles. The number of ether oxygens (including phenoxy) is 1. The molecule has 1 aromatic heterocycles. The van der Waals surface area contributed by atoms with E-state index < -0.39 is 15.9 Å². The Hall–Kier alpha value is -5.02. The summed E-state index contributed by atoms with van der Waals surface area (Å²) in [5.41, 5.74) is 4.00. The summed E-state index contributed by atoms with van der Waals surface area (Å²) >= 11 is 0. The highest BCUT2D eigenvalue weighted by atomic mass is 32.2. The van der Waals surface area contributed by atoms with Crippen molar-refractivity contribution in [2.45, 2.75) is 37.5 Å². The molecule has 4 aromatic carbocycles. The normalized spacial score (nSPS) is 13.7. The molecule has 9 heteroatoms. The number of hydrogen-bond donors (Lipinski definition) is 1. The van der Waals surface area contributed by atoms with Crippen molar-refractivity contribution in [1.29, 1.82) is 0 Å². The van der Waals surface area contributed by atoms with Gasteiger partial charge in [-0.15, -0.1) is 0 Å². The first kappa shape index (κ1) is 31.0. The Balaban J connectivity index is 1.19. The van der Waals surface area contributed by atoms with Crippen molar-refractivity contribution in [3.63, 3.8) is 0 Å². The second-order valence-corrected chi connectivity index (χ2v) is 13.3. The number of para-hydroxylation sites is 1. The molecule has 1 N–H and O–H groups in total. The molecular weight excluding hydrogens is 596 g/mol. The lowest BCUT2D eigenvalue weighted by atomic mass is 9.90. The van der Waals surface area contributed by atoms with Crippen LogP contribution in [0.1, 0.15) is 45.6 Å². The SMILES string of the molecule is Cc1cccc(Cc2nc(N3CCC(Cc4ccccc4)CC3)ncc2C(=O)NS(=O)(=O)c2ccc(Oc3ccccc3)cc2)c1. The average molecular weight is 633 g/mol. The summed E-state index contributed by atoms with van der Waals surface area (Å²) < 4.78 is 34.5. The second-order valence-electron chi connectivity index (χ2n) is 11.6. The maximum Gasteiger partial charge on any atom is 0.268 e. The Kier molecular flexibility index (Phi) is 9.40. The highest BCUT2D eigenvalue weighted by molar-refractivity contribution is 7.90. The molecule has 6 rings (SSSR count). The number of aryl methyl sites for hydroxylation is 1. The molecule has 1 fully saturated rings. The number of hydrogen-bond acceptors (Lipinski definition) is 7. The number of piperidine rings is 1. The van der Waals surface area contributed by atoms with Gasteiger partial charge in [0.1, 0.15) is 11.5 Å². The van der Waals surface area contributed by atoms with Crippen molar-refractivity contribution in [2.24, 2.45) is 5.92 Å². The van der Waals surface area contributed by atoms with Gasteiger partial charge in [-0.2, -0.15) is 0 Å². The van der Waals surface area contributed by atoms with Crippen molar-refractivity contribution in [1.82, 2.24) is 14.7 Å². The van der Waals surface area contributed by atoms with E-state index in [4.69, 9.17) is 9.72 Å². The Morgan fingerprint density at radius 1 is 0.848 bits per heavy atom. The summed E-state index contributed by atoms with van der Waals surface area (Å²) in [7, 11) is -4.18. The van der Waals surface area contributed by atoms with Crippen molar-refractivity contribution in [3.05, 3.63) is 143 Å². The number of aromatic nitrogens is 2. The maximum absolute atomic E-state index is 13.5. The molecule has 1 aliphatic rings. The van der Waals surface area contributed by atoms with Gasteiger partial charge in [-0.25, -0.2) is 23.1 Å². The van der Waals surface area contributed by atoms with E-state index in [1.54, 1.807) is 24.3 Å². The maximum atomic E-state index is 13.5. The van der Waals surface area contributed by atoms with Crippen molar-refractivity contribution in [2.75, 3.05) is 18.0 Å². The van der Waals surface area contributed by atoms with Crippen LogP contribution in [0.4, 0.5) is 5.95 Å². The lowest BCUT2D eigenvalue weighted by Gasteiger charge is -2.32. The third-order valence-electron chi connectivity index (χ3n) is 8.16. The zero-order valence-corrected chi connectivity index (χ0v) is 26.5. The van der Waals surface area contributed by atoms with Gasteiger partial charge in [0.2, 0.25) is 5.95 Å². The van der Waals surface area contributed by atoms with Crippen LogP contribution in [-0.2, 0) is 22.9 Å². The van der Waals surface area contributed by atoms with Crippen LogP contribution in [0.2, 0.25) is 0 Å². The van der Waals surface area contributed by atoms with Gasteiger partial charge in [-0.3, -0.25) is 4.79 Å². The summed E-state index contributed by atoms with van der Waals surface area (Å²) in [6.07, 6.45) is 4.88. The zero-order valence-electron chi connectivity index (χ0n) is 25.7. The molecule has 0 bridgehead atoms. The molecule has 46 heavy (non-hydrogen) atoms. The predicted molar refractivity (Wildman–Crippen MR) is 179 cm³/mol. The number of carbonyl (C=O) groups excluding carboxylic acids is 1. The fourth-order valence-corrected chi connectivity index (χ4v) is 6.70. The quantitative estimate of drug-likeness (QED) is 0.182. The van der Waals surface area contributed by atoms with Gasteiger partial charge < -0.3 is 9.64 Å². The number of anilines is 1. The van der Waals surface area contributed by atoms with Gasteiger partial charge in [0.25, 0.3) is 15.9 Å². The molecule has 0 saturated carbocycles. The van der Waals surface area contributed by atoms with Crippen molar-refractivity contribution >= 4 is 21.9 Å². The number of nitrogens with one attached hydrogen (secondary N) is 1. The lowest BCUT2D eigenvalue weighted by molar-refractivity contribution is 0.0980. The number of sulfonamides is 1. The number of benzene rings is 4. The smallest absolute Gasteiger partial charge is 0.268 e. The van der Waals surface area contributed by atoms with E-state index in [0.29, 0.717) is 35.5 Å². The summed E-state index contributed by atoms with van der Waals surface area (Å²) in [5.74, 6) is 1.46. The van der Waals surface area contributed by atoms with Crippen LogP contribution >= 0.6 is 0 Å².